The highest BCUT2D eigenvalue weighted by Crippen LogP contribution is 2.41. The molecular formula is C33H38F4N3O3PS. The molecule has 6 nitrogen and oxygen atoms in total. The van der Waals surface area contributed by atoms with Gasteiger partial charge in [-0.15, -0.1) is 11.3 Å². The Kier molecular flexibility index (Phi) is 9.09. The van der Waals surface area contributed by atoms with Crippen molar-refractivity contribution >= 4 is 51.3 Å². The summed E-state index contributed by atoms with van der Waals surface area (Å²) in [5.41, 5.74) is 1.17. The molecule has 2 aliphatic rings. The van der Waals surface area contributed by atoms with Gasteiger partial charge in [0.2, 0.25) is 0 Å². The molecule has 12 heteroatoms. The number of piperidine rings is 1. The summed E-state index contributed by atoms with van der Waals surface area (Å²) in [7, 11) is -0.731. The lowest BCUT2D eigenvalue weighted by Gasteiger charge is -2.33. The van der Waals surface area contributed by atoms with Crippen LogP contribution >= 0.6 is 18.5 Å². The largest absolute Gasteiger partial charge is 0.443 e. The molecule has 0 aliphatic carbocycles. The number of nitrogens with one attached hydrogen (secondary N) is 1. The zero-order chi connectivity index (χ0) is 32.9. The number of fused-ring (bicyclic) bond motifs is 2. The van der Waals surface area contributed by atoms with Gasteiger partial charge in [0.15, 0.2) is 0 Å². The fraction of sp³-hybridized carbons (Fsp3) is 0.485. The standard InChI is InChI=1S/C33H38F4N3O3PS/c1-32(2,3)43-31(41)40-21(16-20-17-22(44(5,6)42)11-12-28(20)40)10-13-29-24(18-33(35,36)37)23-8-7-9-27(30(23)45-29)38-26-14-15-39(4)19-25(26)34/h7-9,11-12,17,21,25-26,38H,14-16,18-19H2,1-6H3/t21-,25-,26+/m0/s1. The van der Waals surface area contributed by atoms with Gasteiger partial charge in [-0.1, -0.05) is 24.0 Å². The van der Waals surface area contributed by atoms with Gasteiger partial charge in [-0.05, 0) is 88.3 Å². The Balaban J connectivity index is 1.55. The van der Waals surface area contributed by atoms with Gasteiger partial charge in [-0.2, -0.15) is 13.2 Å². The second kappa shape index (κ2) is 12.3. The minimum absolute atomic E-state index is 0.0540. The number of alkyl halides is 4. The van der Waals surface area contributed by atoms with Crippen LogP contribution in [0.25, 0.3) is 10.1 Å². The zero-order valence-corrected chi connectivity index (χ0v) is 27.9. The van der Waals surface area contributed by atoms with Crippen LogP contribution in [0.5, 0.6) is 0 Å². The highest BCUT2D eigenvalue weighted by Gasteiger charge is 2.37. The molecule has 1 aromatic heterocycles. The van der Waals surface area contributed by atoms with Crippen LogP contribution in [0.4, 0.5) is 33.7 Å². The maximum absolute atomic E-state index is 14.9. The molecule has 0 unspecified atom stereocenters. The SMILES string of the molecule is CN1CC[C@@H](Nc2cccc3c(CC(F)(F)F)c(C#C[C@H]4Cc5cc(P(C)(C)=O)ccc5N4C(=O)OC(C)(C)C)sc23)[C@@H](F)C1. The Morgan fingerprint density at radius 2 is 1.91 bits per heavy atom. The van der Waals surface area contributed by atoms with Crippen LogP contribution < -0.4 is 15.5 Å². The van der Waals surface area contributed by atoms with Gasteiger partial charge in [0, 0.05) is 24.8 Å². The van der Waals surface area contributed by atoms with E-state index in [0.29, 0.717) is 46.2 Å². The monoisotopic (exact) mass is 663 g/mol. The molecule has 3 atom stereocenters. The first-order valence-electron chi connectivity index (χ1n) is 14.8. The number of ether oxygens (including phenoxy) is 1. The van der Waals surface area contributed by atoms with E-state index in [1.807, 2.05) is 18.0 Å². The summed E-state index contributed by atoms with van der Waals surface area (Å²) in [6, 6.07) is 9.15. The van der Waals surface area contributed by atoms with Crippen molar-refractivity contribution in [2.75, 3.05) is 43.7 Å². The maximum Gasteiger partial charge on any atom is 0.415 e. The lowest BCUT2D eigenvalue weighted by Crippen LogP contribution is -2.46. The Morgan fingerprint density at radius 1 is 1.18 bits per heavy atom. The quantitative estimate of drug-likeness (QED) is 0.179. The Hall–Kier alpha value is -3.06. The predicted octanol–water partition coefficient (Wildman–Crippen LogP) is 7.43. The number of hydrogen-bond donors (Lipinski definition) is 1. The van der Waals surface area contributed by atoms with Gasteiger partial charge in [0.1, 0.15) is 25.0 Å². The Morgan fingerprint density at radius 3 is 2.56 bits per heavy atom. The fourth-order valence-electron chi connectivity index (χ4n) is 5.75. The number of anilines is 2. The van der Waals surface area contributed by atoms with Crippen molar-refractivity contribution in [3.8, 4) is 11.8 Å². The van der Waals surface area contributed by atoms with E-state index in [1.54, 1.807) is 64.4 Å². The van der Waals surface area contributed by atoms with Crippen LogP contribution in [0.2, 0.25) is 0 Å². The molecule has 1 saturated heterocycles. The highest BCUT2D eigenvalue weighted by molar-refractivity contribution is 7.70. The summed E-state index contributed by atoms with van der Waals surface area (Å²) in [5.74, 6) is 6.08. The van der Waals surface area contributed by atoms with E-state index in [0.717, 1.165) is 16.9 Å². The van der Waals surface area contributed by atoms with E-state index in [9.17, 15) is 26.9 Å². The van der Waals surface area contributed by atoms with E-state index in [2.05, 4.69) is 17.2 Å². The number of thiophene rings is 1. The third-order valence-electron chi connectivity index (χ3n) is 7.89. The van der Waals surface area contributed by atoms with Crippen molar-refractivity contribution in [3.05, 3.63) is 52.4 Å². The number of nitrogens with zero attached hydrogens (tertiary/aromatic N) is 2. The van der Waals surface area contributed by atoms with Gasteiger partial charge in [0.05, 0.1) is 33.4 Å². The van der Waals surface area contributed by atoms with Crippen molar-refractivity contribution in [2.45, 2.75) is 70.1 Å². The van der Waals surface area contributed by atoms with E-state index >= 15 is 0 Å². The van der Waals surface area contributed by atoms with Crippen molar-refractivity contribution in [1.82, 2.24) is 4.90 Å². The molecular weight excluding hydrogens is 625 g/mol. The first-order valence-corrected chi connectivity index (χ1v) is 18.2. The molecule has 3 aromatic rings. The predicted molar refractivity (Wildman–Crippen MR) is 175 cm³/mol. The number of hydrogen-bond acceptors (Lipinski definition) is 6. The van der Waals surface area contributed by atoms with Crippen LogP contribution in [-0.2, 0) is 22.1 Å². The number of rotatable bonds is 4. The summed E-state index contributed by atoms with van der Waals surface area (Å²) in [6.07, 6.45) is -6.53. The van der Waals surface area contributed by atoms with Gasteiger partial charge in [0.25, 0.3) is 0 Å². The number of carbonyl (C=O) groups excluding carboxylic acids is 1. The number of carbonyl (C=O) groups is 1. The second-order valence-corrected chi connectivity index (χ2v) is 17.4. The minimum atomic E-state index is -4.48. The lowest BCUT2D eigenvalue weighted by molar-refractivity contribution is -0.126. The second-order valence-electron chi connectivity index (χ2n) is 13.2. The topological polar surface area (TPSA) is 61.9 Å². The van der Waals surface area contributed by atoms with Crippen LogP contribution in [0.15, 0.2) is 36.4 Å². The van der Waals surface area contributed by atoms with E-state index < -0.39 is 49.7 Å². The fourth-order valence-corrected chi connectivity index (χ4v) is 7.81. The van der Waals surface area contributed by atoms with E-state index in [-0.39, 0.29) is 17.0 Å². The van der Waals surface area contributed by atoms with Gasteiger partial charge >= 0.3 is 12.3 Å². The van der Waals surface area contributed by atoms with Gasteiger partial charge < -0.3 is 19.5 Å². The summed E-state index contributed by atoms with van der Waals surface area (Å²) in [6.45, 7) is 9.57. The van der Waals surface area contributed by atoms with Crippen molar-refractivity contribution in [3.63, 3.8) is 0 Å². The van der Waals surface area contributed by atoms with E-state index in [4.69, 9.17) is 4.74 Å². The third-order valence-corrected chi connectivity index (χ3v) is 10.6. The van der Waals surface area contributed by atoms with Crippen molar-refractivity contribution < 1.29 is 31.7 Å². The highest BCUT2D eigenvalue weighted by atomic mass is 32.1. The molecule has 0 bridgehead atoms. The molecule has 5 rings (SSSR count). The molecule has 2 aliphatic heterocycles. The molecule has 1 N–H and O–H groups in total. The minimum Gasteiger partial charge on any atom is -0.443 e. The van der Waals surface area contributed by atoms with E-state index in [1.165, 1.54) is 4.90 Å². The third kappa shape index (κ3) is 7.67. The van der Waals surface area contributed by atoms with Crippen LogP contribution in [0, 0.1) is 11.8 Å². The molecule has 2 aromatic carbocycles. The Labute approximate surface area is 265 Å². The van der Waals surface area contributed by atoms with Crippen LogP contribution in [0.1, 0.15) is 43.2 Å². The Bertz CT molecular complexity index is 1720. The summed E-state index contributed by atoms with van der Waals surface area (Å²) in [4.78, 5) is 17.0. The lowest BCUT2D eigenvalue weighted by atomic mass is 10.0. The first-order chi connectivity index (χ1) is 20.9. The zero-order valence-electron chi connectivity index (χ0n) is 26.2. The molecule has 0 saturated carbocycles. The maximum atomic E-state index is 14.9. The van der Waals surface area contributed by atoms with Crippen molar-refractivity contribution in [1.29, 1.82) is 0 Å². The average molecular weight is 664 g/mol. The number of likely N-dealkylation sites (tertiary alicyclic amines) is 1. The van der Waals surface area contributed by atoms with Gasteiger partial charge in [-0.25, -0.2) is 9.18 Å². The van der Waals surface area contributed by atoms with Gasteiger partial charge in [-0.3, -0.25) is 4.90 Å². The summed E-state index contributed by atoms with van der Waals surface area (Å²) >= 11 is 1.13. The molecule has 0 radical (unpaired) electrons. The first kappa shape index (κ1) is 33.3. The molecule has 1 fully saturated rings. The van der Waals surface area contributed by atoms with Crippen LogP contribution in [-0.4, -0.2) is 74.5 Å². The number of benzene rings is 2. The molecule has 1 amide bonds. The van der Waals surface area contributed by atoms with Crippen LogP contribution in [0.3, 0.4) is 0 Å². The number of halogens is 4. The van der Waals surface area contributed by atoms with Crippen molar-refractivity contribution in [2.24, 2.45) is 0 Å². The normalized spacial score (nSPS) is 20.9. The molecule has 242 valence electrons. The number of amides is 1. The smallest absolute Gasteiger partial charge is 0.415 e. The molecule has 45 heavy (non-hydrogen) atoms. The molecule has 3 heterocycles. The average Bonchev–Trinajstić information content (AvgIpc) is 3.44. The molecule has 0 spiro atoms. The summed E-state index contributed by atoms with van der Waals surface area (Å²) in [5, 5.41) is 4.33. The summed E-state index contributed by atoms with van der Waals surface area (Å²) < 4.78 is 75.5.